The lowest BCUT2D eigenvalue weighted by Gasteiger charge is -2.21. The Morgan fingerprint density at radius 1 is 1.17 bits per heavy atom. The molecule has 0 aliphatic rings. The molecule has 0 bridgehead atoms. The molecule has 0 saturated heterocycles. The standard InChI is InChI=1S/C15H21NOS/c1-14(2,3)13-16-11-7-6-10(8-12(11)18-13)15(4,5)9-17/h6-8,17H,9H2,1-5H3. The van der Waals surface area contributed by atoms with Crippen LogP contribution in [0, 0.1) is 0 Å². The molecule has 0 aliphatic heterocycles. The first-order valence-electron chi connectivity index (χ1n) is 6.26. The molecule has 0 spiro atoms. The monoisotopic (exact) mass is 263 g/mol. The van der Waals surface area contributed by atoms with Gasteiger partial charge in [-0.05, 0) is 17.7 Å². The van der Waals surface area contributed by atoms with Crippen LogP contribution in [-0.2, 0) is 10.8 Å². The van der Waals surface area contributed by atoms with Crippen molar-refractivity contribution in [2.24, 2.45) is 0 Å². The number of hydrogen-bond acceptors (Lipinski definition) is 3. The van der Waals surface area contributed by atoms with Gasteiger partial charge in [0.05, 0.1) is 21.8 Å². The van der Waals surface area contributed by atoms with E-state index in [9.17, 15) is 5.11 Å². The molecule has 18 heavy (non-hydrogen) atoms. The summed E-state index contributed by atoms with van der Waals surface area (Å²) in [7, 11) is 0. The van der Waals surface area contributed by atoms with Gasteiger partial charge in [-0.1, -0.05) is 40.7 Å². The lowest BCUT2D eigenvalue weighted by Crippen LogP contribution is -2.21. The zero-order valence-corrected chi connectivity index (χ0v) is 12.6. The fourth-order valence-electron chi connectivity index (χ4n) is 1.76. The highest BCUT2D eigenvalue weighted by molar-refractivity contribution is 7.18. The van der Waals surface area contributed by atoms with E-state index in [1.807, 2.05) is 0 Å². The van der Waals surface area contributed by atoms with Crippen LogP contribution in [0.1, 0.15) is 45.2 Å². The highest BCUT2D eigenvalue weighted by Gasteiger charge is 2.22. The number of aliphatic hydroxyl groups is 1. The Morgan fingerprint density at radius 2 is 1.83 bits per heavy atom. The Bertz CT molecular complexity index is 563. The maximum absolute atomic E-state index is 9.44. The molecule has 2 nitrogen and oxygen atoms in total. The first-order chi connectivity index (χ1) is 8.24. The fourth-order valence-corrected chi connectivity index (χ4v) is 2.82. The minimum atomic E-state index is -0.194. The number of benzene rings is 1. The number of fused-ring (bicyclic) bond motifs is 1. The molecule has 0 fully saturated rings. The molecule has 1 aromatic carbocycles. The van der Waals surface area contributed by atoms with Crippen molar-refractivity contribution in [3.8, 4) is 0 Å². The van der Waals surface area contributed by atoms with Crippen LogP contribution in [0.25, 0.3) is 10.2 Å². The minimum absolute atomic E-state index is 0.0936. The predicted octanol–water partition coefficient (Wildman–Crippen LogP) is 3.86. The number of rotatable bonds is 2. The lowest BCUT2D eigenvalue weighted by molar-refractivity contribution is 0.218. The molecule has 0 aliphatic carbocycles. The Balaban J connectivity index is 2.53. The normalized spacial score (nSPS) is 13.2. The number of hydrogen-bond donors (Lipinski definition) is 1. The van der Waals surface area contributed by atoms with Crippen molar-refractivity contribution < 1.29 is 5.11 Å². The molecule has 0 radical (unpaired) electrons. The van der Waals surface area contributed by atoms with Crippen LogP contribution < -0.4 is 0 Å². The molecule has 0 amide bonds. The maximum Gasteiger partial charge on any atom is 0.0992 e. The van der Waals surface area contributed by atoms with Gasteiger partial charge in [-0.2, -0.15) is 0 Å². The lowest BCUT2D eigenvalue weighted by atomic mass is 9.86. The molecule has 3 heteroatoms. The first kappa shape index (κ1) is 13.5. The second kappa shape index (κ2) is 4.32. The third-order valence-corrected chi connectivity index (χ3v) is 4.65. The largest absolute Gasteiger partial charge is 0.395 e. The van der Waals surface area contributed by atoms with Gasteiger partial charge < -0.3 is 5.11 Å². The molecule has 0 unspecified atom stereocenters. The summed E-state index contributed by atoms with van der Waals surface area (Å²) in [6.07, 6.45) is 0. The maximum atomic E-state index is 9.44. The van der Waals surface area contributed by atoms with Gasteiger partial charge in [0.1, 0.15) is 0 Å². The molecular weight excluding hydrogens is 242 g/mol. The van der Waals surface area contributed by atoms with Gasteiger partial charge in [0, 0.05) is 10.8 Å². The van der Waals surface area contributed by atoms with E-state index >= 15 is 0 Å². The van der Waals surface area contributed by atoms with E-state index in [4.69, 9.17) is 0 Å². The number of aromatic nitrogens is 1. The van der Waals surface area contributed by atoms with E-state index in [0.29, 0.717) is 0 Å². The van der Waals surface area contributed by atoms with Crippen molar-refractivity contribution in [2.75, 3.05) is 6.61 Å². The van der Waals surface area contributed by atoms with Crippen molar-refractivity contribution in [1.29, 1.82) is 0 Å². The SMILES string of the molecule is CC(C)(C)c1nc2ccc(C(C)(C)CO)cc2s1. The Hall–Kier alpha value is -0.930. The zero-order valence-electron chi connectivity index (χ0n) is 11.7. The molecule has 2 rings (SSSR count). The summed E-state index contributed by atoms with van der Waals surface area (Å²) >= 11 is 1.75. The fraction of sp³-hybridized carbons (Fsp3) is 0.533. The van der Waals surface area contributed by atoms with Crippen LogP contribution in [0.5, 0.6) is 0 Å². The zero-order chi connectivity index (χ0) is 13.6. The average Bonchev–Trinajstić information content (AvgIpc) is 2.71. The van der Waals surface area contributed by atoms with Gasteiger partial charge in [-0.25, -0.2) is 4.98 Å². The van der Waals surface area contributed by atoms with Crippen molar-refractivity contribution >= 4 is 21.6 Å². The Kier molecular flexibility index (Phi) is 3.24. The molecular formula is C15H21NOS. The number of thiazole rings is 1. The third kappa shape index (κ3) is 2.43. The smallest absolute Gasteiger partial charge is 0.0992 e. The van der Waals surface area contributed by atoms with Gasteiger partial charge in [0.2, 0.25) is 0 Å². The van der Waals surface area contributed by atoms with Crippen molar-refractivity contribution in [1.82, 2.24) is 4.98 Å². The predicted molar refractivity (Wildman–Crippen MR) is 78.4 cm³/mol. The summed E-state index contributed by atoms with van der Waals surface area (Å²) in [6.45, 7) is 10.8. The van der Waals surface area contributed by atoms with Crippen LogP contribution in [-0.4, -0.2) is 16.7 Å². The van der Waals surface area contributed by atoms with Gasteiger partial charge in [0.15, 0.2) is 0 Å². The highest BCUT2D eigenvalue weighted by Crippen LogP contribution is 2.33. The summed E-state index contributed by atoms with van der Waals surface area (Å²) in [6, 6.07) is 6.30. The van der Waals surface area contributed by atoms with Gasteiger partial charge in [0.25, 0.3) is 0 Å². The molecule has 1 aromatic heterocycles. The third-order valence-electron chi connectivity index (χ3n) is 3.21. The van der Waals surface area contributed by atoms with Crippen LogP contribution in [0.4, 0.5) is 0 Å². The van der Waals surface area contributed by atoms with Crippen molar-refractivity contribution in [3.05, 3.63) is 28.8 Å². The van der Waals surface area contributed by atoms with Crippen LogP contribution in [0.3, 0.4) is 0 Å². The highest BCUT2D eigenvalue weighted by atomic mass is 32.1. The summed E-state index contributed by atoms with van der Waals surface area (Å²) in [5, 5.41) is 10.6. The van der Waals surface area contributed by atoms with Crippen LogP contribution in [0.15, 0.2) is 18.2 Å². The van der Waals surface area contributed by atoms with E-state index in [-0.39, 0.29) is 17.4 Å². The summed E-state index contributed by atoms with van der Waals surface area (Å²) in [5.74, 6) is 0. The second-order valence-corrected chi connectivity index (χ2v) is 7.52. The van der Waals surface area contributed by atoms with Gasteiger partial charge in [-0.3, -0.25) is 0 Å². The van der Waals surface area contributed by atoms with Gasteiger partial charge >= 0.3 is 0 Å². The van der Waals surface area contributed by atoms with E-state index in [1.165, 1.54) is 10.3 Å². The average molecular weight is 263 g/mol. The van der Waals surface area contributed by atoms with Crippen molar-refractivity contribution in [2.45, 2.75) is 45.4 Å². The second-order valence-electron chi connectivity index (χ2n) is 6.49. The topological polar surface area (TPSA) is 33.1 Å². The summed E-state index contributed by atoms with van der Waals surface area (Å²) < 4.78 is 1.21. The summed E-state index contributed by atoms with van der Waals surface area (Å²) in [5.41, 5.74) is 2.13. The summed E-state index contributed by atoms with van der Waals surface area (Å²) in [4.78, 5) is 4.69. The van der Waals surface area contributed by atoms with Crippen LogP contribution >= 0.6 is 11.3 Å². The Morgan fingerprint density at radius 3 is 2.39 bits per heavy atom. The van der Waals surface area contributed by atoms with Gasteiger partial charge in [-0.15, -0.1) is 11.3 Å². The quantitative estimate of drug-likeness (QED) is 0.892. The van der Waals surface area contributed by atoms with E-state index in [1.54, 1.807) is 11.3 Å². The van der Waals surface area contributed by atoms with E-state index < -0.39 is 0 Å². The number of nitrogens with zero attached hydrogens (tertiary/aromatic N) is 1. The van der Waals surface area contributed by atoms with Crippen LogP contribution in [0.2, 0.25) is 0 Å². The molecule has 0 atom stereocenters. The van der Waals surface area contributed by atoms with Crippen molar-refractivity contribution in [3.63, 3.8) is 0 Å². The minimum Gasteiger partial charge on any atom is -0.395 e. The molecule has 1 N–H and O–H groups in total. The molecule has 1 heterocycles. The Labute approximate surface area is 113 Å². The number of aliphatic hydroxyl groups excluding tert-OH is 1. The molecule has 98 valence electrons. The van der Waals surface area contributed by atoms with E-state index in [2.05, 4.69) is 57.8 Å². The van der Waals surface area contributed by atoms with E-state index in [0.717, 1.165) is 10.5 Å². The first-order valence-corrected chi connectivity index (χ1v) is 7.08. The molecule has 0 saturated carbocycles. The molecule has 2 aromatic rings.